The number of fused-ring (bicyclic) bond motifs is 1. The summed E-state index contributed by atoms with van der Waals surface area (Å²) >= 11 is 0. The lowest BCUT2D eigenvalue weighted by atomic mass is 10.1. The molecule has 5 heteroatoms. The van der Waals surface area contributed by atoms with Crippen LogP contribution in [-0.4, -0.2) is 52.7 Å². The van der Waals surface area contributed by atoms with Crippen LogP contribution in [0.15, 0.2) is 36.7 Å². The molecule has 0 N–H and O–H groups in total. The third-order valence-corrected chi connectivity index (χ3v) is 4.14. The van der Waals surface area contributed by atoms with E-state index in [1.807, 2.05) is 41.2 Å². The van der Waals surface area contributed by atoms with Gasteiger partial charge in [0.05, 0.1) is 11.7 Å². The van der Waals surface area contributed by atoms with Gasteiger partial charge in [0.15, 0.2) is 0 Å². The van der Waals surface area contributed by atoms with Crippen molar-refractivity contribution in [2.45, 2.75) is 0 Å². The Morgan fingerprint density at radius 3 is 2.77 bits per heavy atom. The quantitative estimate of drug-likeness (QED) is 0.721. The summed E-state index contributed by atoms with van der Waals surface area (Å²) in [5.41, 5.74) is 3.08. The number of piperazine rings is 1. The minimum atomic E-state index is 0.914. The Morgan fingerprint density at radius 2 is 2.00 bits per heavy atom. The Balaban J connectivity index is 1.78. The molecule has 3 heterocycles. The molecule has 3 aromatic rings. The molecule has 0 atom stereocenters. The highest BCUT2D eigenvalue weighted by atomic mass is 15.4. The molecular formula is C17H17N5. The van der Waals surface area contributed by atoms with Crippen LogP contribution in [0, 0.1) is 12.1 Å². The zero-order valence-electron chi connectivity index (χ0n) is 12.5. The molecule has 1 aliphatic rings. The molecule has 0 saturated carbocycles. The van der Waals surface area contributed by atoms with E-state index in [1.54, 1.807) is 0 Å². The van der Waals surface area contributed by atoms with E-state index in [2.05, 4.69) is 39.1 Å². The highest BCUT2D eigenvalue weighted by Crippen LogP contribution is 2.25. The predicted molar refractivity (Wildman–Crippen MR) is 85.8 cm³/mol. The number of hydrogen-bond donors (Lipinski definition) is 0. The van der Waals surface area contributed by atoms with Crippen molar-refractivity contribution in [3.8, 4) is 11.1 Å². The summed E-state index contributed by atoms with van der Waals surface area (Å²) in [6.07, 6.45) is 3.75. The summed E-state index contributed by atoms with van der Waals surface area (Å²) in [5.74, 6) is 0.914. The fourth-order valence-corrected chi connectivity index (χ4v) is 2.85. The first kappa shape index (κ1) is 13.1. The Bertz CT molecular complexity index is 772. The number of aromatic nitrogens is 3. The number of nitrogens with zero attached hydrogens (tertiary/aromatic N) is 5. The Labute approximate surface area is 129 Å². The molecule has 1 aliphatic heterocycles. The van der Waals surface area contributed by atoms with Crippen molar-refractivity contribution in [3.63, 3.8) is 0 Å². The number of likely N-dealkylation sites (N-methyl/N-ethyl adjacent to an activating group) is 1. The summed E-state index contributed by atoms with van der Waals surface area (Å²) in [6, 6.07) is 14.0. The third-order valence-electron chi connectivity index (χ3n) is 4.14. The van der Waals surface area contributed by atoms with E-state index in [9.17, 15) is 0 Å². The second-order valence-electron chi connectivity index (χ2n) is 5.60. The molecule has 1 saturated heterocycles. The van der Waals surface area contributed by atoms with Gasteiger partial charge in [-0.25, -0.2) is 4.98 Å². The second kappa shape index (κ2) is 5.32. The average molecular weight is 291 g/mol. The molecule has 0 radical (unpaired) electrons. The van der Waals surface area contributed by atoms with Crippen LogP contribution in [0.5, 0.6) is 0 Å². The van der Waals surface area contributed by atoms with E-state index in [-0.39, 0.29) is 0 Å². The molecule has 0 bridgehead atoms. The van der Waals surface area contributed by atoms with E-state index < -0.39 is 0 Å². The topological polar surface area (TPSA) is 36.7 Å². The number of hydrogen-bond acceptors (Lipinski definition) is 4. The fraction of sp³-hybridized carbons (Fsp3) is 0.294. The minimum Gasteiger partial charge on any atom is -0.338 e. The number of anilines is 1. The fourth-order valence-electron chi connectivity index (χ4n) is 2.85. The minimum absolute atomic E-state index is 0.914. The SMILES string of the molecule is CN1CCN(c2ncc(-c3c#cccc3)c3ccnn23)CC1. The summed E-state index contributed by atoms with van der Waals surface area (Å²) in [4.78, 5) is 9.31. The van der Waals surface area contributed by atoms with Crippen LogP contribution in [0.25, 0.3) is 16.6 Å². The lowest BCUT2D eigenvalue weighted by molar-refractivity contribution is 0.310. The largest absolute Gasteiger partial charge is 0.338 e. The molecular weight excluding hydrogens is 274 g/mol. The second-order valence-corrected chi connectivity index (χ2v) is 5.60. The molecule has 0 spiro atoms. The van der Waals surface area contributed by atoms with Crippen molar-refractivity contribution in [1.29, 1.82) is 0 Å². The van der Waals surface area contributed by atoms with Crippen LogP contribution < -0.4 is 4.90 Å². The molecule has 110 valence electrons. The zero-order chi connectivity index (χ0) is 14.9. The average Bonchev–Trinajstić information content (AvgIpc) is 3.05. The van der Waals surface area contributed by atoms with Gasteiger partial charge in [-0.1, -0.05) is 18.2 Å². The number of rotatable bonds is 2. The van der Waals surface area contributed by atoms with Gasteiger partial charge in [-0.05, 0) is 25.2 Å². The molecule has 5 nitrogen and oxygen atoms in total. The van der Waals surface area contributed by atoms with Gasteiger partial charge in [-0.15, -0.1) is 0 Å². The highest BCUT2D eigenvalue weighted by molar-refractivity contribution is 5.79. The first-order chi connectivity index (χ1) is 10.8. The van der Waals surface area contributed by atoms with Gasteiger partial charge in [0.2, 0.25) is 5.95 Å². The standard InChI is InChI=1S/C17H17N5/c1-20-9-11-21(12-10-20)17-18-13-15(14-5-3-2-4-6-14)16-7-8-19-22(16)17/h2-3,5,7-8,13H,9-12H2,1H3. The van der Waals surface area contributed by atoms with E-state index >= 15 is 0 Å². The van der Waals surface area contributed by atoms with E-state index in [0.29, 0.717) is 0 Å². The van der Waals surface area contributed by atoms with Crippen molar-refractivity contribution in [2.75, 3.05) is 38.1 Å². The van der Waals surface area contributed by atoms with Gasteiger partial charge in [-0.3, -0.25) is 0 Å². The van der Waals surface area contributed by atoms with Crippen LogP contribution in [0.2, 0.25) is 0 Å². The van der Waals surface area contributed by atoms with Crippen molar-refractivity contribution in [1.82, 2.24) is 19.5 Å². The molecule has 0 aliphatic carbocycles. The molecule has 0 amide bonds. The maximum absolute atomic E-state index is 4.68. The summed E-state index contributed by atoms with van der Waals surface area (Å²) < 4.78 is 1.93. The zero-order valence-corrected chi connectivity index (χ0v) is 12.5. The highest BCUT2D eigenvalue weighted by Gasteiger charge is 2.19. The predicted octanol–water partition coefficient (Wildman–Crippen LogP) is 1.75. The van der Waals surface area contributed by atoms with E-state index in [4.69, 9.17) is 0 Å². The Kier molecular flexibility index (Phi) is 3.17. The Hall–Kier alpha value is -2.58. The third kappa shape index (κ3) is 2.18. The van der Waals surface area contributed by atoms with E-state index in [1.165, 1.54) is 0 Å². The molecule has 4 rings (SSSR count). The normalized spacial score (nSPS) is 16.0. The van der Waals surface area contributed by atoms with E-state index in [0.717, 1.165) is 48.8 Å². The van der Waals surface area contributed by atoms with Gasteiger partial charge < -0.3 is 9.80 Å². The summed E-state index contributed by atoms with van der Waals surface area (Å²) in [7, 11) is 2.15. The van der Waals surface area contributed by atoms with Crippen molar-refractivity contribution in [2.24, 2.45) is 0 Å². The van der Waals surface area contributed by atoms with Crippen LogP contribution >= 0.6 is 0 Å². The van der Waals surface area contributed by atoms with Crippen LogP contribution in [0.1, 0.15) is 0 Å². The molecule has 2 aromatic heterocycles. The monoisotopic (exact) mass is 291 g/mol. The lowest BCUT2D eigenvalue weighted by Gasteiger charge is -2.33. The Morgan fingerprint density at radius 1 is 1.14 bits per heavy atom. The van der Waals surface area contributed by atoms with Gasteiger partial charge in [0.1, 0.15) is 0 Å². The van der Waals surface area contributed by atoms with Crippen LogP contribution in [-0.2, 0) is 0 Å². The van der Waals surface area contributed by atoms with Gasteiger partial charge >= 0.3 is 0 Å². The first-order valence-electron chi connectivity index (χ1n) is 7.48. The maximum atomic E-state index is 4.68. The molecule has 0 unspecified atom stereocenters. The van der Waals surface area contributed by atoms with Crippen molar-refractivity contribution < 1.29 is 0 Å². The molecule has 1 aromatic carbocycles. The van der Waals surface area contributed by atoms with Crippen molar-refractivity contribution in [3.05, 3.63) is 48.8 Å². The van der Waals surface area contributed by atoms with Gasteiger partial charge in [-0.2, -0.15) is 9.61 Å². The first-order valence-corrected chi connectivity index (χ1v) is 7.48. The van der Waals surface area contributed by atoms with Gasteiger partial charge in [0, 0.05) is 43.5 Å². The lowest BCUT2D eigenvalue weighted by Crippen LogP contribution is -2.45. The van der Waals surface area contributed by atoms with Crippen LogP contribution in [0.4, 0.5) is 5.95 Å². The van der Waals surface area contributed by atoms with Gasteiger partial charge in [0.25, 0.3) is 0 Å². The smallest absolute Gasteiger partial charge is 0.227 e. The van der Waals surface area contributed by atoms with Crippen molar-refractivity contribution >= 4 is 11.5 Å². The summed E-state index contributed by atoms with van der Waals surface area (Å²) in [6.45, 7) is 4.05. The molecule has 22 heavy (non-hydrogen) atoms. The maximum Gasteiger partial charge on any atom is 0.227 e. The summed E-state index contributed by atoms with van der Waals surface area (Å²) in [5, 5.41) is 4.47. The van der Waals surface area contributed by atoms with Crippen LogP contribution in [0.3, 0.4) is 0 Å². The molecule has 1 fully saturated rings.